The van der Waals surface area contributed by atoms with Gasteiger partial charge in [-0.05, 0) is 48.2 Å². The third-order valence-electron chi connectivity index (χ3n) is 4.76. The third kappa shape index (κ3) is 3.79. The van der Waals surface area contributed by atoms with Gasteiger partial charge in [-0.1, -0.05) is 35.0 Å². The van der Waals surface area contributed by atoms with Crippen LogP contribution in [0.5, 0.6) is 5.75 Å². The van der Waals surface area contributed by atoms with E-state index in [9.17, 15) is 9.59 Å². The standard InChI is InChI=1S/C20H19NO5S/c1-24-14-6-8-15(9-7-14)27-17-5-3-2-4-16(17)13-10-11-21-18(12-13)25-19(22)20(23)26-21/h2-9,13,18H,10-12H2,1H3. The Morgan fingerprint density at radius 2 is 1.85 bits per heavy atom. The van der Waals surface area contributed by atoms with Gasteiger partial charge in [-0.3, -0.25) is 0 Å². The van der Waals surface area contributed by atoms with Crippen molar-refractivity contribution in [3.63, 3.8) is 0 Å². The predicted molar refractivity (Wildman–Crippen MR) is 98.2 cm³/mol. The zero-order chi connectivity index (χ0) is 18.8. The molecule has 0 amide bonds. The lowest BCUT2D eigenvalue weighted by Crippen LogP contribution is -2.51. The minimum absolute atomic E-state index is 0.220. The average molecular weight is 385 g/mol. The minimum Gasteiger partial charge on any atom is -0.497 e. The molecule has 0 aliphatic carbocycles. The molecule has 2 fully saturated rings. The summed E-state index contributed by atoms with van der Waals surface area (Å²) in [6, 6.07) is 16.2. The summed E-state index contributed by atoms with van der Waals surface area (Å²) in [5.74, 6) is -0.815. The fourth-order valence-electron chi connectivity index (χ4n) is 3.40. The predicted octanol–water partition coefficient (Wildman–Crippen LogP) is 3.37. The average Bonchev–Trinajstić information content (AvgIpc) is 2.70. The number of nitrogens with zero attached hydrogens (tertiary/aromatic N) is 1. The van der Waals surface area contributed by atoms with E-state index in [2.05, 4.69) is 12.1 Å². The van der Waals surface area contributed by atoms with E-state index in [0.717, 1.165) is 17.1 Å². The number of ether oxygens (including phenoxy) is 2. The largest absolute Gasteiger partial charge is 0.497 e. The number of methoxy groups -OCH3 is 1. The first-order valence-corrected chi connectivity index (χ1v) is 9.56. The number of benzene rings is 2. The van der Waals surface area contributed by atoms with Crippen LogP contribution < -0.4 is 4.74 Å². The van der Waals surface area contributed by atoms with Gasteiger partial charge in [-0.25, -0.2) is 9.59 Å². The van der Waals surface area contributed by atoms with Crippen LogP contribution in [0.2, 0.25) is 0 Å². The van der Waals surface area contributed by atoms with Crippen LogP contribution in [0.4, 0.5) is 0 Å². The molecule has 2 unspecified atom stereocenters. The lowest BCUT2D eigenvalue weighted by Gasteiger charge is -2.39. The van der Waals surface area contributed by atoms with Gasteiger partial charge in [0.25, 0.3) is 0 Å². The first-order chi connectivity index (χ1) is 13.1. The molecule has 2 aliphatic rings. The summed E-state index contributed by atoms with van der Waals surface area (Å²) in [7, 11) is 1.65. The van der Waals surface area contributed by atoms with Crippen LogP contribution in [-0.4, -0.2) is 36.9 Å². The SMILES string of the molecule is COc1ccc(Sc2ccccc2C2CCN3OC(=O)C(=O)OC3C2)cc1. The number of fused-ring (bicyclic) bond motifs is 1. The lowest BCUT2D eigenvalue weighted by atomic mass is 9.89. The smallest absolute Gasteiger partial charge is 0.436 e. The van der Waals surface area contributed by atoms with E-state index in [1.54, 1.807) is 18.9 Å². The molecule has 2 aromatic carbocycles. The maximum absolute atomic E-state index is 11.5. The highest BCUT2D eigenvalue weighted by Gasteiger charge is 2.41. The molecule has 0 spiro atoms. The number of hydroxylamine groups is 2. The number of hydrogen-bond donors (Lipinski definition) is 0. The summed E-state index contributed by atoms with van der Waals surface area (Å²) in [4.78, 5) is 30.2. The van der Waals surface area contributed by atoms with Gasteiger partial charge in [-0.15, -0.1) is 0 Å². The van der Waals surface area contributed by atoms with Crippen molar-refractivity contribution in [2.75, 3.05) is 13.7 Å². The molecule has 2 aliphatic heterocycles. The van der Waals surface area contributed by atoms with E-state index in [-0.39, 0.29) is 5.92 Å². The van der Waals surface area contributed by atoms with Crippen LogP contribution in [0.25, 0.3) is 0 Å². The molecule has 7 heteroatoms. The second-order valence-electron chi connectivity index (χ2n) is 6.42. The number of hydrogen-bond acceptors (Lipinski definition) is 7. The van der Waals surface area contributed by atoms with Gasteiger partial charge in [0, 0.05) is 22.8 Å². The van der Waals surface area contributed by atoms with Crippen LogP contribution in [0, 0.1) is 0 Å². The fraction of sp³-hybridized carbons (Fsp3) is 0.300. The van der Waals surface area contributed by atoms with Gasteiger partial charge in [0.15, 0.2) is 6.23 Å². The van der Waals surface area contributed by atoms with Gasteiger partial charge in [0.05, 0.1) is 7.11 Å². The summed E-state index contributed by atoms with van der Waals surface area (Å²) in [5.41, 5.74) is 1.21. The van der Waals surface area contributed by atoms with E-state index in [0.29, 0.717) is 13.0 Å². The molecular formula is C20H19NO5S. The fourth-order valence-corrected chi connectivity index (χ4v) is 4.42. The molecule has 0 N–H and O–H groups in total. The van der Waals surface area contributed by atoms with Crippen LogP contribution >= 0.6 is 11.8 Å². The monoisotopic (exact) mass is 385 g/mol. The number of carbonyl (C=O) groups excluding carboxylic acids is 2. The quantitative estimate of drug-likeness (QED) is 0.591. The van der Waals surface area contributed by atoms with Crippen LogP contribution in [0.3, 0.4) is 0 Å². The van der Waals surface area contributed by atoms with Crippen molar-refractivity contribution < 1.29 is 23.9 Å². The molecule has 2 aromatic rings. The van der Waals surface area contributed by atoms with Crippen molar-refractivity contribution in [3.05, 3.63) is 54.1 Å². The van der Waals surface area contributed by atoms with Crippen LogP contribution in [-0.2, 0) is 19.2 Å². The normalized spacial score (nSPS) is 22.6. The summed E-state index contributed by atoms with van der Waals surface area (Å²) >= 11 is 1.70. The Labute approximate surface area is 161 Å². The number of piperidine rings is 1. The van der Waals surface area contributed by atoms with Crippen molar-refractivity contribution in [3.8, 4) is 5.75 Å². The van der Waals surface area contributed by atoms with E-state index in [4.69, 9.17) is 14.3 Å². The first kappa shape index (κ1) is 17.9. The molecular weight excluding hydrogens is 366 g/mol. The molecule has 0 aromatic heterocycles. The molecule has 4 rings (SSSR count). The van der Waals surface area contributed by atoms with Crippen molar-refractivity contribution in [1.82, 2.24) is 5.06 Å². The van der Waals surface area contributed by atoms with Crippen LogP contribution in [0.1, 0.15) is 24.3 Å². The van der Waals surface area contributed by atoms with Crippen molar-refractivity contribution in [1.29, 1.82) is 0 Å². The number of esters is 1. The Bertz CT molecular complexity index is 854. The third-order valence-corrected chi connectivity index (χ3v) is 5.86. The van der Waals surface area contributed by atoms with Gasteiger partial charge >= 0.3 is 11.9 Å². The molecule has 2 heterocycles. The number of rotatable bonds is 4. The van der Waals surface area contributed by atoms with Gasteiger partial charge in [-0.2, -0.15) is 0 Å². The molecule has 2 saturated heterocycles. The topological polar surface area (TPSA) is 65.1 Å². The Kier molecular flexibility index (Phi) is 5.05. The Balaban J connectivity index is 1.52. The maximum atomic E-state index is 11.5. The Morgan fingerprint density at radius 3 is 2.63 bits per heavy atom. The number of carbonyl (C=O) groups is 2. The summed E-state index contributed by atoms with van der Waals surface area (Å²) in [6.45, 7) is 0.538. The summed E-state index contributed by atoms with van der Waals surface area (Å²) in [6.07, 6.45) is 0.897. The Hall–Kier alpha value is -2.51. The van der Waals surface area contributed by atoms with Gasteiger partial charge in [0.1, 0.15) is 5.75 Å². The summed E-state index contributed by atoms with van der Waals surface area (Å²) in [5, 5.41) is 1.47. The highest BCUT2D eigenvalue weighted by molar-refractivity contribution is 7.99. The zero-order valence-electron chi connectivity index (χ0n) is 14.8. The summed E-state index contributed by atoms with van der Waals surface area (Å²) < 4.78 is 10.4. The molecule has 2 atom stereocenters. The highest BCUT2D eigenvalue weighted by atomic mass is 32.2. The van der Waals surface area contributed by atoms with Crippen molar-refractivity contribution in [2.45, 2.75) is 34.8 Å². The van der Waals surface area contributed by atoms with Crippen molar-refractivity contribution in [2.24, 2.45) is 0 Å². The molecule has 27 heavy (non-hydrogen) atoms. The Morgan fingerprint density at radius 1 is 1.07 bits per heavy atom. The first-order valence-electron chi connectivity index (χ1n) is 8.74. The molecule has 140 valence electrons. The lowest BCUT2D eigenvalue weighted by molar-refractivity contribution is -0.275. The van der Waals surface area contributed by atoms with Crippen LogP contribution in [0.15, 0.2) is 58.3 Å². The zero-order valence-corrected chi connectivity index (χ0v) is 15.6. The van der Waals surface area contributed by atoms with Crippen molar-refractivity contribution >= 4 is 23.7 Å². The molecule has 0 bridgehead atoms. The van der Waals surface area contributed by atoms with E-state index < -0.39 is 18.2 Å². The van der Waals surface area contributed by atoms with Gasteiger partial charge < -0.3 is 14.3 Å². The van der Waals surface area contributed by atoms with Gasteiger partial charge in [0.2, 0.25) is 0 Å². The van der Waals surface area contributed by atoms with E-state index in [1.165, 1.54) is 15.5 Å². The van der Waals surface area contributed by atoms with E-state index in [1.807, 2.05) is 36.4 Å². The second-order valence-corrected chi connectivity index (χ2v) is 7.53. The molecule has 0 radical (unpaired) electrons. The highest BCUT2D eigenvalue weighted by Crippen LogP contribution is 2.40. The molecule has 0 saturated carbocycles. The molecule has 6 nitrogen and oxygen atoms in total. The minimum atomic E-state index is -0.944. The van der Waals surface area contributed by atoms with E-state index >= 15 is 0 Å². The maximum Gasteiger partial charge on any atom is 0.436 e. The second kappa shape index (κ2) is 7.62.